The first kappa shape index (κ1) is 17.7. The lowest BCUT2D eigenvalue weighted by Crippen LogP contribution is -2.21. The number of amides is 1. The summed E-state index contributed by atoms with van der Waals surface area (Å²) < 4.78 is 32.6. The van der Waals surface area contributed by atoms with Crippen LogP contribution in [0, 0.1) is 11.6 Å². The van der Waals surface area contributed by atoms with Crippen LogP contribution in [-0.2, 0) is 14.3 Å². The lowest BCUT2D eigenvalue weighted by molar-refractivity contribution is -0.142. The maximum atomic E-state index is 13.4. The number of nitrogens with one attached hydrogen (secondary N) is 1. The number of halogens is 2. The summed E-state index contributed by atoms with van der Waals surface area (Å²) in [5.41, 5.74) is 0.232. The number of ether oxygens (including phenoxy) is 1. The smallest absolute Gasteiger partial charge is 0.331 e. The van der Waals surface area contributed by atoms with Crippen molar-refractivity contribution >= 4 is 45.2 Å². The fraction of sp³-hybridized carbons (Fsp3) is 0.0556. The molecule has 8 heteroatoms. The number of anilines is 1. The number of hydrogen-bond donors (Lipinski definition) is 1. The van der Waals surface area contributed by atoms with Crippen molar-refractivity contribution in [1.29, 1.82) is 0 Å². The van der Waals surface area contributed by atoms with Gasteiger partial charge in [-0.05, 0) is 30.3 Å². The van der Waals surface area contributed by atoms with E-state index in [9.17, 15) is 18.4 Å². The van der Waals surface area contributed by atoms with Crippen LogP contribution in [0.3, 0.4) is 0 Å². The molecule has 1 N–H and O–H groups in total. The van der Waals surface area contributed by atoms with Crippen LogP contribution in [-0.4, -0.2) is 23.5 Å². The van der Waals surface area contributed by atoms with Gasteiger partial charge in [0.1, 0.15) is 22.3 Å². The molecule has 0 bridgehead atoms. The third-order valence-corrected chi connectivity index (χ3v) is 4.25. The topological polar surface area (TPSA) is 68.3 Å². The fourth-order valence-electron chi connectivity index (χ4n) is 2.08. The summed E-state index contributed by atoms with van der Waals surface area (Å²) in [7, 11) is 0. The number of esters is 1. The van der Waals surface area contributed by atoms with Crippen molar-refractivity contribution in [1.82, 2.24) is 4.98 Å². The summed E-state index contributed by atoms with van der Waals surface area (Å²) in [6.45, 7) is -0.670. The van der Waals surface area contributed by atoms with Gasteiger partial charge in [-0.15, -0.1) is 11.3 Å². The number of carbonyl (C=O) groups is 2. The van der Waals surface area contributed by atoms with Crippen molar-refractivity contribution in [2.75, 3.05) is 11.9 Å². The van der Waals surface area contributed by atoms with Crippen molar-refractivity contribution < 1.29 is 23.1 Å². The molecule has 0 saturated heterocycles. The van der Waals surface area contributed by atoms with Gasteiger partial charge in [0, 0.05) is 6.08 Å². The molecule has 2 aromatic carbocycles. The second kappa shape index (κ2) is 7.83. The minimum Gasteiger partial charge on any atom is -0.452 e. The van der Waals surface area contributed by atoms with Crippen molar-refractivity contribution in [3.05, 3.63) is 65.2 Å². The van der Waals surface area contributed by atoms with E-state index in [0.717, 1.165) is 28.4 Å². The highest BCUT2D eigenvalue weighted by atomic mass is 32.1. The fourth-order valence-corrected chi connectivity index (χ4v) is 2.95. The molecule has 0 fully saturated rings. The number of rotatable bonds is 5. The van der Waals surface area contributed by atoms with Gasteiger partial charge in [0.05, 0.1) is 10.2 Å². The Kier molecular flexibility index (Phi) is 5.33. The van der Waals surface area contributed by atoms with Crippen LogP contribution in [0.1, 0.15) is 5.01 Å². The van der Waals surface area contributed by atoms with E-state index >= 15 is 0 Å². The predicted molar refractivity (Wildman–Crippen MR) is 94.6 cm³/mol. The SMILES string of the molecule is O=C(COC(=O)/C=C/c1nc2ccccc2s1)Nc1c(F)cccc1F. The van der Waals surface area contributed by atoms with Crippen LogP contribution in [0.25, 0.3) is 16.3 Å². The second-order valence-electron chi connectivity index (χ2n) is 5.11. The first-order valence-electron chi connectivity index (χ1n) is 7.47. The molecule has 0 saturated carbocycles. The summed E-state index contributed by atoms with van der Waals surface area (Å²) >= 11 is 1.40. The van der Waals surface area contributed by atoms with E-state index in [0.29, 0.717) is 5.01 Å². The summed E-state index contributed by atoms with van der Waals surface area (Å²) in [5.74, 6) is -3.45. The van der Waals surface area contributed by atoms with Crippen LogP contribution >= 0.6 is 11.3 Å². The highest BCUT2D eigenvalue weighted by Gasteiger charge is 2.13. The maximum Gasteiger partial charge on any atom is 0.331 e. The molecule has 0 spiro atoms. The van der Waals surface area contributed by atoms with Gasteiger partial charge >= 0.3 is 5.97 Å². The van der Waals surface area contributed by atoms with Gasteiger partial charge < -0.3 is 10.1 Å². The molecule has 1 heterocycles. The number of thiazole rings is 1. The quantitative estimate of drug-likeness (QED) is 0.545. The number of hydrogen-bond acceptors (Lipinski definition) is 5. The van der Waals surface area contributed by atoms with E-state index in [4.69, 9.17) is 4.74 Å². The molecule has 0 radical (unpaired) electrons. The maximum absolute atomic E-state index is 13.4. The normalized spacial score (nSPS) is 11.0. The van der Waals surface area contributed by atoms with E-state index in [1.54, 1.807) is 0 Å². The van der Waals surface area contributed by atoms with E-state index in [1.807, 2.05) is 29.6 Å². The molecule has 0 atom stereocenters. The van der Waals surface area contributed by atoms with E-state index in [-0.39, 0.29) is 0 Å². The molecule has 0 aliphatic heterocycles. The molecule has 5 nitrogen and oxygen atoms in total. The average Bonchev–Trinajstić information content (AvgIpc) is 3.04. The largest absolute Gasteiger partial charge is 0.452 e. The van der Waals surface area contributed by atoms with Gasteiger partial charge in [0.2, 0.25) is 0 Å². The van der Waals surface area contributed by atoms with Crippen LogP contribution in [0.2, 0.25) is 0 Å². The van der Waals surface area contributed by atoms with Gasteiger partial charge in [-0.3, -0.25) is 4.79 Å². The van der Waals surface area contributed by atoms with Crippen molar-refractivity contribution in [3.63, 3.8) is 0 Å². The van der Waals surface area contributed by atoms with Crippen LogP contribution in [0.4, 0.5) is 14.5 Å². The van der Waals surface area contributed by atoms with Gasteiger partial charge in [-0.2, -0.15) is 0 Å². The molecule has 132 valence electrons. The Hall–Kier alpha value is -3.13. The number of aromatic nitrogens is 1. The summed E-state index contributed by atoms with van der Waals surface area (Å²) in [6.07, 6.45) is 2.61. The molecular weight excluding hydrogens is 362 g/mol. The highest BCUT2D eigenvalue weighted by molar-refractivity contribution is 7.19. The lowest BCUT2D eigenvalue weighted by Gasteiger charge is -2.07. The zero-order valence-corrected chi connectivity index (χ0v) is 14.1. The first-order valence-corrected chi connectivity index (χ1v) is 8.29. The third-order valence-electron chi connectivity index (χ3n) is 3.25. The highest BCUT2D eigenvalue weighted by Crippen LogP contribution is 2.22. The van der Waals surface area contributed by atoms with Crippen molar-refractivity contribution in [2.45, 2.75) is 0 Å². The van der Waals surface area contributed by atoms with Crippen molar-refractivity contribution in [2.24, 2.45) is 0 Å². The zero-order chi connectivity index (χ0) is 18.5. The van der Waals surface area contributed by atoms with Gasteiger partial charge in [0.25, 0.3) is 5.91 Å². The first-order chi connectivity index (χ1) is 12.5. The van der Waals surface area contributed by atoms with Crippen LogP contribution in [0.15, 0.2) is 48.5 Å². The molecule has 0 aliphatic rings. The molecule has 0 unspecified atom stereocenters. The molecule has 1 aromatic heterocycles. The van der Waals surface area contributed by atoms with Gasteiger partial charge in [-0.25, -0.2) is 18.6 Å². The number of nitrogens with zero attached hydrogens (tertiary/aromatic N) is 1. The number of fused-ring (bicyclic) bond motifs is 1. The predicted octanol–water partition coefficient (Wildman–Crippen LogP) is 3.77. The standard InChI is InChI=1S/C18H12F2N2O3S/c19-11-4-3-5-12(20)18(11)22-15(23)10-25-17(24)9-8-16-21-13-6-1-2-7-14(13)26-16/h1-9H,10H2,(H,22,23)/b9-8+. The summed E-state index contributed by atoms with van der Waals surface area (Å²) in [6, 6.07) is 10.7. The lowest BCUT2D eigenvalue weighted by atomic mass is 10.3. The molecule has 3 rings (SSSR count). The summed E-state index contributed by atoms with van der Waals surface area (Å²) in [5, 5.41) is 2.64. The Morgan fingerprint density at radius 1 is 1.12 bits per heavy atom. The van der Waals surface area contributed by atoms with E-state index in [1.165, 1.54) is 23.5 Å². The Labute approximate surface area is 150 Å². The van der Waals surface area contributed by atoms with Crippen LogP contribution in [0.5, 0.6) is 0 Å². The molecule has 0 aliphatic carbocycles. The minimum atomic E-state index is -0.916. The molecule has 3 aromatic rings. The Morgan fingerprint density at radius 2 is 1.85 bits per heavy atom. The Balaban J connectivity index is 1.54. The van der Waals surface area contributed by atoms with Crippen molar-refractivity contribution in [3.8, 4) is 0 Å². The Bertz CT molecular complexity index is 948. The van der Waals surface area contributed by atoms with Gasteiger partial charge in [0.15, 0.2) is 6.61 Å². The number of para-hydroxylation sites is 2. The third kappa shape index (κ3) is 4.28. The average molecular weight is 374 g/mol. The monoisotopic (exact) mass is 374 g/mol. The number of carbonyl (C=O) groups excluding carboxylic acids is 2. The zero-order valence-electron chi connectivity index (χ0n) is 13.2. The minimum absolute atomic E-state index is 0.585. The molecule has 26 heavy (non-hydrogen) atoms. The van der Waals surface area contributed by atoms with E-state index in [2.05, 4.69) is 4.98 Å². The second-order valence-corrected chi connectivity index (χ2v) is 6.17. The number of benzene rings is 2. The Morgan fingerprint density at radius 3 is 2.58 bits per heavy atom. The van der Waals surface area contributed by atoms with Gasteiger partial charge in [-0.1, -0.05) is 18.2 Å². The van der Waals surface area contributed by atoms with E-state index < -0.39 is 35.8 Å². The molecule has 1 amide bonds. The summed E-state index contributed by atoms with van der Waals surface area (Å²) in [4.78, 5) is 27.6. The van der Waals surface area contributed by atoms with Crippen LogP contribution < -0.4 is 5.32 Å². The molecular formula is C18H12F2N2O3S.